The van der Waals surface area contributed by atoms with Gasteiger partial charge in [0.15, 0.2) is 9.84 Å². The van der Waals surface area contributed by atoms with Gasteiger partial charge in [-0.25, -0.2) is 8.42 Å². The van der Waals surface area contributed by atoms with Gasteiger partial charge in [0.25, 0.3) is 0 Å². The minimum atomic E-state index is -2.97. The summed E-state index contributed by atoms with van der Waals surface area (Å²) in [5.41, 5.74) is 0. The van der Waals surface area contributed by atoms with Gasteiger partial charge in [-0.15, -0.1) is 11.8 Å². The molecule has 0 spiro atoms. The highest BCUT2D eigenvalue weighted by Crippen LogP contribution is 2.27. The number of thioether (sulfide) groups is 1. The summed E-state index contributed by atoms with van der Waals surface area (Å²) >= 11 is 4.86. The maximum Gasteiger partial charge on any atom is 0.235 e. The molecule has 0 saturated carbocycles. The lowest BCUT2D eigenvalue weighted by atomic mass is 10.2. The molecule has 0 aliphatic carbocycles. The lowest BCUT2D eigenvalue weighted by molar-refractivity contribution is -0.130. The Kier molecular flexibility index (Phi) is 5.38. The average Bonchev–Trinajstić information content (AvgIpc) is 2.80. The molecule has 1 heterocycles. The number of hydrogen-bond acceptors (Lipinski definition) is 4. The van der Waals surface area contributed by atoms with Crippen LogP contribution in [0.3, 0.4) is 0 Å². The van der Waals surface area contributed by atoms with Crippen LogP contribution in [0.5, 0.6) is 0 Å². The predicted molar refractivity (Wildman–Crippen MR) is 89.3 cm³/mol. The van der Waals surface area contributed by atoms with Crippen molar-refractivity contribution < 1.29 is 13.2 Å². The Morgan fingerprint density at radius 1 is 1.38 bits per heavy atom. The molecule has 0 aromatic heterocycles. The van der Waals surface area contributed by atoms with Crippen molar-refractivity contribution in [3.05, 3.63) is 28.7 Å². The van der Waals surface area contributed by atoms with Crippen LogP contribution < -0.4 is 0 Å². The van der Waals surface area contributed by atoms with Gasteiger partial charge in [0.2, 0.25) is 5.91 Å². The number of rotatable bonds is 4. The van der Waals surface area contributed by atoms with E-state index in [4.69, 9.17) is 0 Å². The van der Waals surface area contributed by atoms with E-state index in [-0.39, 0.29) is 28.7 Å². The van der Waals surface area contributed by atoms with E-state index in [1.807, 2.05) is 31.2 Å². The summed E-state index contributed by atoms with van der Waals surface area (Å²) in [6.07, 6.45) is 0.542. The van der Waals surface area contributed by atoms with Gasteiger partial charge in [0.05, 0.1) is 16.8 Å². The fourth-order valence-corrected chi connectivity index (χ4v) is 5.32. The minimum Gasteiger partial charge on any atom is -0.341 e. The number of benzene rings is 1. The van der Waals surface area contributed by atoms with E-state index < -0.39 is 9.84 Å². The van der Waals surface area contributed by atoms with E-state index in [0.29, 0.717) is 6.42 Å². The maximum absolute atomic E-state index is 12.4. The van der Waals surface area contributed by atoms with Crippen molar-refractivity contribution in [2.75, 3.05) is 18.6 Å². The summed E-state index contributed by atoms with van der Waals surface area (Å²) in [5, 5.41) is -0.237. The Bertz CT molecular complexity index is 616. The number of amides is 1. The van der Waals surface area contributed by atoms with Crippen LogP contribution >= 0.6 is 27.7 Å². The zero-order chi connectivity index (χ0) is 15.6. The largest absolute Gasteiger partial charge is 0.341 e. The van der Waals surface area contributed by atoms with Crippen LogP contribution in [0.25, 0.3) is 0 Å². The van der Waals surface area contributed by atoms with Crippen molar-refractivity contribution >= 4 is 43.4 Å². The highest BCUT2D eigenvalue weighted by molar-refractivity contribution is 9.10. The summed E-state index contributed by atoms with van der Waals surface area (Å²) in [5.74, 6) is 0.249. The molecule has 1 aliphatic rings. The second kappa shape index (κ2) is 6.71. The normalized spacial score (nSPS) is 22.0. The molecule has 1 amide bonds. The molecule has 0 bridgehead atoms. The van der Waals surface area contributed by atoms with Crippen molar-refractivity contribution in [2.24, 2.45) is 0 Å². The van der Waals surface area contributed by atoms with Crippen LogP contribution in [0, 0.1) is 0 Å². The van der Waals surface area contributed by atoms with Crippen LogP contribution in [0.4, 0.5) is 0 Å². The smallest absolute Gasteiger partial charge is 0.235 e. The van der Waals surface area contributed by atoms with E-state index >= 15 is 0 Å². The van der Waals surface area contributed by atoms with Crippen LogP contribution in [0.1, 0.15) is 13.3 Å². The minimum absolute atomic E-state index is 0.0231. The molecular formula is C14H18BrNO3S2. The molecule has 2 rings (SSSR count). The molecule has 1 fully saturated rings. The molecule has 1 aliphatic heterocycles. The van der Waals surface area contributed by atoms with Gasteiger partial charge < -0.3 is 4.90 Å². The molecule has 7 heteroatoms. The lowest BCUT2D eigenvalue weighted by Crippen LogP contribution is -2.41. The third-order valence-corrected chi connectivity index (χ3v) is 6.96. The summed E-state index contributed by atoms with van der Waals surface area (Å²) in [4.78, 5) is 15.0. The Morgan fingerprint density at radius 2 is 2.00 bits per heavy atom. The first-order valence-electron chi connectivity index (χ1n) is 6.68. The fraction of sp³-hybridized carbons (Fsp3) is 0.500. The second-order valence-corrected chi connectivity index (χ2v) is 9.78. The van der Waals surface area contributed by atoms with Crippen LogP contribution in [0.15, 0.2) is 33.6 Å². The molecule has 4 nitrogen and oxygen atoms in total. The fourth-order valence-electron chi connectivity index (χ4n) is 2.32. The third-order valence-electron chi connectivity index (χ3n) is 3.58. The Hall–Kier alpha value is -0.530. The standard InChI is InChI=1S/C14H18BrNO3S2/c1-10(20-13-5-3-11(15)4-6-13)14(17)16(2)12-7-8-21(18,19)9-12/h3-6,10,12H,7-9H2,1-2H3/t10-,12+/m1/s1. The molecular weight excluding hydrogens is 374 g/mol. The molecule has 116 valence electrons. The first-order valence-corrected chi connectivity index (χ1v) is 10.2. The maximum atomic E-state index is 12.4. The zero-order valence-corrected chi connectivity index (χ0v) is 15.2. The Morgan fingerprint density at radius 3 is 2.52 bits per heavy atom. The highest BCUT2D eigenvalue weighted by Gasteiger charge is 2.34. The number of sulfone groups is 1. The van der Waals surface area contributed by atoms with Gasteiger partial charge in [0.1, 0.15) is 0 Å². The quantitative estimate of drug-likeness (QED) is 0.740. The molecule has 21 heavy (non-hydrogen) atoms. The monoisotopic (exact) mass is 391 g/mol. The first kappa shape index (κ1) is 16.8. The number of nitrogens with zero attached hydrogens (tertiary/aromatic N) is 1. The third kappa shape index (κ3) is 4.47. The van der Waals surface area contributed by atoms with E-state index in [1.54, 1.807) is 11.9 Å². The summed E-state index contributed by atoms with van der Waals surface area (Å²) < 4.78 is 24.0. The van der Waals surface area contributed by atoms with E-state index in [1.165, 1.54) is 11.8 Å². The molecule has 0 unspecified atom stereocenters. The number of halogens is 1. The predicted octanol–water partition coefficient (Wildman–Crippen LogP) is 2.58. The van der Waals surface area contributed by atoms with Crippen molar-refractivity contribution in [3.63, 3.8) is 0 Å². The van der Waals surface area contributed by atoms with E-state index in [9.17, 15) is 13.2 Å². The lowest BCUT2D eigenvalue weighted by Gasteiger charge is -2.26. The van der Waals surface area contributed by atoms with Crippen LogP contribution in [-0.2, 0) is 14.6 Å². The van der Waals surface area contributed by atoms with E-state index in [0.717, 1.165) is 9.37 Å². The zero-order valence-electron chi connectivity index (χ0n) is 12.0. The van der Waals surface area contributed by atoms with Crippen LogP contribution in [0.2, 0.25) is 0 Å². The van der Waals surface area contributed by atoms with Crippen molar-refractivity contribution in [3.8, 4) is 0 Å². The van der Waals surface area contributed by atoms with Gasteiger partial charge in [-0.2, -0.15) is 0 Å². The molecule has 2 atom stereocenters. The SMILES string of the molecule is C[C@@H](Sc1ccc(Br)cc1)C(=O)N(C)[C@H]1CCS(=O)(=O)C1. The number of carbonyl (C=O) groups is 1. The summed E-state index contributed by atoms with van der Waals surface area (Å²) in [6.45, 7) is 1.86. The first-order chi connectivity index (χ1) is 9.78. The number of hydrogen-bond donors (Lipinski definition) is 0. The highest BCUT2D eigenvalue weighted by atomic mass is 79.9. The average molecular weight is 392 g/mol. The summed E-state index contributed by atoms with van der Waals surface area (Å²) in [6, 6.07) is 7.60. The molecule has 1 saturated heterocycles. The Balaban J connectivity index is 1.97. The summed E-state index contributed by atoms with van der Waals surface area (Å²) in [7, 11) is -1.27. The van der Waals surface area contributed by atoms with Crippen LogP contribution in [-0.4, -0.2) is 49.1 Å². The Labute approximate surface area is 138 Å². The van der Waals surface area contributed by atoms with Gasteiger partial charge in [-0.3, -0.25) is 4.79 Å². The van der Waals surface area contributed by atoms with Gasteiger partial charge in [0, 0.05) is 22.5 Å². The van der Waals surface area contributed by atoms with E-state index in [2.05, 4.69) is 15.9 Å². The molecule has 1 aromatic rings. The van der Waals surface area contributed by atoms with Gasteiger partial charge >= 0.3 is 0 Å². The molecule has 1 aromatic carbocycles. The number of carbonyl (C=O) groups excluding carboxylic acids is 1. The molecule has 0 N–H and O–H groups in total. The topological polar surface area (TPSA) is 54.5 Å². The van der Waals surface area contributed by atoms with Crippen molar-refractivity contribution in [1.29, 1.82) is 0 Å². The van der Waals surface area contributed by atoms with Crippen molar-refractivity contribution in [2.45, 2.75) is 29.5 Å². The van der Waals surface area contributed by atoms with Gasteiger partial charge in [-0.1, -0.05) is 15.9 Å². The second-order valence-electron chi connectivity index (χ2n) is 5.22. The van der Waals surface area contributed by atoms with Gasteiger partial charge in [-0.05, 0) is 37.6 Å². The van der Waals surface area contributed by atoms with Crippen molar-refractivity contribution in [1.82, 2.24) is 4.90 Å². The molecule has 0 radical (unpaired) electrons.